The maximum Gasteiger partial charge on any atom is 0.410 e. The number of carbonyl (C=O) groups excluding carboxylic acids is 2. The number of ether oxygens (including phenoxy) is 4. The summed E-state index contributed by atoms with van der Waals surface area (Å²) in [6.07, 6.45) is 2.31. The van der Waals surface area contributed by atoms with E-state index in [9.17, 15) is 9.59 Å². The number of amides is 1. The number of hydrogen-bond donors (Lipinski definition) is 1. The minimum atomic E-state index is -0.519. The van der Waals surface area contributed by atoms with Crippen molar-refractivity contribution in [2.24, 2.45) is 5.92 Å². The highest BCUT2D eigenvalue weighted by Gasteiger charge is 2.37. The molecule has 1 saturated heterocycles. The van der Waals surface area contributed by atoms with Gasteiger partial charge in [-0.1, -0.05) is 0 Å². The van der Waals surface area contributed by atoms with Crippen LogP contribution in [0.15, 0.2) is 48.5 Å². The standard InChI is InChI=1S/C31H38N4O6/c1-31(2,3)41-30(37)34-18-15-20(16-19-34)25-14-17-32-35-27(29(36)39-5)26(33-28(25)35)21-6-8-23(9-7-21)40-24-12-10-22(38-4)11-13-24/h6-13,20,25,32H,14-19H2,1-5H3. The molecule has 2 aliphatic rings. The molecular formula is C31H38N4O6. The molecular weight excluding hydrogens is 524 g/mol. The Bertz CT molecular complexity index is 1370. The molecule has 0 radical (unpaired) electrons. The average molecular weight is 563 g/mol. The molecule has 0 spiro atoms. The first-order valence-corrected chi connectivity index (χ1v) is 14.0. The molecule has 1 N–H and O–H groups in total. The molecule has 1 aromatic heterocycles. The van der Waals surface area contributed by atoms with Crippen molar-refractivity contribution in [1.82, 2.24) is 14.6 Å². The number of piperidine rings is 1. The van der Waals surface area contributed by atoms with Gasteiger partial charge in [-0.3, -0.25) is 0 Å². The lowest BCUT2D eigenvalue weighted by Crippen LogP contribution is -2.43. The Morgan fingerprint density at radius 3 is 2.10 bits per heavy atom. The fourth-order valence-electron chi connectivity index (χ4n) is 5.51. The second-order valence-corrected chi connectivity index (χ2v) is 11.4. The van der Waals surface area contributed by atoms with Crippen molar-refractivity contribution in [2.45, 2.75) is 51.6 Å². The van der Waals surface area contributed by atoms with Gasteiger partial charge in [0.15, 0.2) is 5.69 Å². The van der Waals surface area contributed by atoms with Crippen LogP contribution in [-0.2, 0) is 9.47 Å². The second kappa shape index (κ2) is 11.7. The van der Waals surface area contributed by atoms with Crippen LogP contribution in [0.25, 0.3) is 11.3 Å². The molecule has 2 aromatic carbocycles. The molecule has 2 aliphatic heterocycles. The number of fused-ring (bicyclic) bond motifs is 1. The predicted octanol–water partition coefficient (Wildman–Crippen LogP) is 5.82. The van der Waals surface area contributed by atoms with Crippen LogP contribution in [0.3, 0.4) is 0 Å². The summed E-state index contributed by atoms with van der Waals surface area (Å²) in [6, 6.07) is 14.9. The van der Waals surface area contributed by atoms with Gasteiger partial charge in [0, 0.05) is 31.1 Å². The number of likely N-dealkylation sites (tertiary alicyclic amines) is 1. The summed E-state index contributed by atoms with van der Waals surface area (Å²) in [7, 11) is 3.00. The Balaban J connectivity index is 1.36. The third-order valence-electron chi connectivity index (χ3n) is 7.52. The van der Waals surface area contributed by atoms with Crippen LogP contribution >= 0.6 is 0 Å². The van der Waals surface area contributed by atoms with Gasteiger partial charge >= 0.3 is 12.1 Å². The SMILES string of the molecule is COC(=O)c1c(-c2ccc(Oc3ccc(OC)cc3)cc2)nc2n1NCCC2C1CCN(C(=O)OC(C)(C)C)CC1. The number of aromatic nitrogens is 2. The number of esters is 1. The van der Waals surface area contributed by atoms with Crippen LogP contribution in [0.2, 0.25) is 0 Å². The first-order chi connectivity index (χ1) is 19.7. The first kappa shape index (κ1) is 28.3. The summed E-state index contributed by atoms with van der Waals surface area (Å²) >= 11 is 0. The van der Waals surface area contributed by atoms with E-state index in [1.54, 1.807) is 16.7 Å². The van der Waals surface area contributed by atoms with Crippen molar-refractivity contribution < 1.29 is 28.5 Å². The highest BCUT2D eigenvalue weighted by molar-refractivity contribution is 5.95. The van der Waals surface area contributed by atoms with Crippen LogP contribution in [0.1, 0.15) is 62.3 Å². The summed E-state index contributed by atoms with van der Waals surface area (Å²) in [4.78, 5) is 32.4. The number of carbonyl (C=O) groups is 2. The van der Waals surface area contributed by atoms with E-state index in [0.29, 0.717) is 48.4 Å². The molecule has 1 fully saturated rings. The summed E-state index contributed by atoms with van der Waals surface area (Å²) < 4.78 is 23.7. The molecule has 0 aliphatic carbocycles. The average Bonchev–Trinajstić information content (AvgIpc) is 3.36. The quantitative estimate of drug-likeness (QED) is 0.375. The summed E-state index contributed by atoms with van der Waals surface area (Å²) in [5, 5.41) is 0. The zero-order valence-corrected chi connectivity index (χ0v) is 24.3. The van der Waals surface area contributed by atoms with Gasteiger partial charge in [0.1, 0.15) is 34.4 Å². The fraction of sp³-hybridized carbons (Fsp3) is 0.452. The third-order valence-corrected chi connectivity index (χ3v) is 7.52. The molecule has 5 rings (SSSR count). The summed E-state index contributed by atoms with van der Waals surface area (Å²) in [6.45, 7) is 7.62. The topological polar surface area (TPSA) is 104 Å². The predicted molar refractivity (Wildman–Crippen MR) is 154 cm³/mol. The van der Waals surface area contributed by atoms with Crippen LogP contribution in [0.4, 0.5) is 4.79 Å². The zero-order chi connectivity index (χ0) is 29.1. The number of methoxy groups -OCH3 is 2. The van der Waals surface area contributed by atoms with E-state index in [0.717, 1.165) is 36.4 Å². The van der Waals surface area contributed by atoms with E-state index < -0.39 is 11.6 Å². The summed E-state index contributed by atoms with van der Waals surface area (Å²) in [5.41, 5.74) is 4.55. The van der Waals surface area contributed by atoms with Crippen molar-refractivity contribution in [3.8, 4) is 28.5 Å². The largest absolute Gasteiger partial charge is 0.497 e. The monoisotopic (exact) mass is 562 g/mol. The minimum Gasteiger partial charge on any atom is -0.497 e. The second-order valence-electron chi connectivity index (χ2n) is 11.4. The van der Waals surface area contributed by atoms with E-state index in [2.05, 4.69) is 5.43 Å². The lowest BCUT2D eigenvalue weighted by molar-refractivity contribution is 0.0170. The molecule has 218 valence electrons. The van der Waals surface area contributed by atoms with E-state index in [-0.39, 0.29) is 12.0 Å². The Labute approximate surface area is 240 Å². The smallest absolute Gasteiger partial charge is 0.410 e. The highest BCUT2D eigenvalue weighted by Crippen LogP contribution is 2.39. The number of imidazole rings is 1. The molecule has 3 heterocycles. The van der Waals surface area contributed by atoms with Crippen LogP contribution < -0.4 is 14.9 Å². The maximum atomic E-state index is 13.0. The van der Waals surface area contributed by atoms with Gasteiger partial charge in [0.2, 0.25) is 0 Å². The van der Waals surface area contributed by atoms with Crippen molar-refractivity contribution in [1.29, 1.82) is 0 Å². The van der Waals surface area contributed by atoms with Gasteiger partial charge in [0.25, 0.3) is 0 Å². The number of rotatable bonds is 6. The first-order valence-electron chi connectivity index (χ1n) is 14.0. The molecule has 3 aromatic rings. The van der Waals surface area contributed by atoms with E-state index >= 15 is 0 Å². The molecule has 1 unspecified atom stereocenters. The van der Waals surface area contributed by atoms with Gasteiger partial charge in [-0.05, 0) is 94.5 Å². The minimum absolute atomic E-state index is 0.145. The van der Waals surface area contributed by atoms with Gasteiger partial charge in [-0.25, -0.2) is 19.2 Å². The lowest BCUT2D eigenvalue weighted by atomic mass is 9.81. The van der Waals surface area contributed by atoms with Gasteiger partial charge in [-0.15, -0.1) is 0 Å². The van der Waals surface area contributed by atoms with Crippen molar-refractivity contribution in [2.75, 3.05) is 39.3 Å². The fourth-order valence-corrected chi connectivity index (χ4v) is 5.51. The zero-order valence-electron chi connectivity index (χ0n) is 24.3. The van der Waals surface area contributed by atoms with Crippen LogP contribution in [-0.4, -0.2) is 66.1 Å². The van der Waals surface area contributed by atoms with Gasteiger partial charge in [-0.2, -0.15) is 0 Å². The van der Waals surface area contributed by atoms with Crippen molar-refractivity contribution >= 4 is 12.1 Å². The lowest BCUT2D eigenvalue weighted by Gasteiger charge is -2.38. The molecule has 10 heteroatoms. The molecule has 0 bridgehead atoms. The molecule has 1 amide bonds. The van der Waals surface area contributed by atoms with Gasteiger partial charge in [0.05, 0.1) is 14.2 Å². The van der Waals surface area contributed by atoms with E-state index in [1.807, 2.05) is 69.3 Å². The number of hydrogen-bond acceptors (Lipinski definition) is 8. The highest BCUT2D eigenvalue weighted by atomic mass is 16.6. The Morgan fingerprint density at radius 1 is 0.902 bits per heavy atom. The molecule has 1 atom stereocenters. The van der Waals surface area contributed by atoms with E-state index in [4.69, 9.17) is 23.9 Å². The summed E-state index contributed by atoms with van der Waals surface area (Å²) in [5.74, 6) is 2.95. The number of nitrogens with zero attached hydrogens (tertiary/aromatic N) is 3. The Morgan fingerprint density at radius 2 is 1.51 bits per heavy atom. The normalized spacial score (nSPS) is 17.3. The van der Waals surface area contributed by atoms with Crippen molar-refractivity contribution in [3.05, 3.63) is 60.0 Å². The van der Waals surface area contributed by atoms with Crippen LogP contribution in [0.5, 0.6) is 17.2 Å². The molecule has 10 nitrogen and oxygen atoms in total. The van der Waals surface area contributed by atoms with E-state index in [1.165, 1.54) is 7.11 Å². The van der Waals surface area contributed by atoms with Gasteiger partial charge < -0.3 is 29.3 Å². The Hall–Kier alpha value is -4.21. The maximum absolute atomic E-state index is 13.0. The van der Waals surface area contributed by atoms with Crippen LogP contribution in [0, 0.1) is 5.92 Å². The molecule has 0 saturated carbocycles. The van der Waals surface area contributed by atoms with Crippen molar-refractivity contribution in [3.63, 3.8) is 0 Å². The Kier molecular flexibility index (Phi) is 8.10. The number of benzene rings is 2. The third kappa shape index (κ3) is 6.26. The number of nitrogens with one attached hydrogen (secondary N) is 1. The molecule has 41 heavy (non-hydrogen) atoms.